The summed E-state index contributed by atoms with van der Waals surface area (Å²) in [6, 6.07) is 5.82. The quantitative estimate of drug-likeness (QED) is 0.836. The van der Waals surface area contributed by atoms with Crippen molar-refractivity contribution in [1.82, 2.24) is 0 Å². The Kier molecular flexibility index (Phi) is 4.89. The second-order valence-corrected chi connectivity index (χ2v) is 8.57. The summed E-state index contributed by atoms with van der Waals surface area (Å²) in [7, 11) is 0. The van der Waals surface area contributed by atoms with Crippen LogP contribution in [0.1, 0.15) is 46.6 Å². The molecule has 0 aliphatic heterocycles. The lowest BCUT2D eigenvalue weighted by molar-refractivity contribution is 0.0696. The fraction of sp³-hybridized carbons (Fsp3) is 0.450. The van der Waals surface area contributed by atoms with Gasteiger partial charge in [-0.1, -0.05) is 13.8 Å². The van der Waals surface area contributed by atoms with E-state index >= 15 is 0 Å². The maximum Gasteiger partial charge on any atom is 0.337 e. The first-order chi connectivity index (χ1) is 11.8. The number of carboxylic acids is 1. The number of thiophene rings is 1. The average molecular weight is 359 g/mol. The van der Waals surface area contributed by atoms with Crippen molar-refractivity contribution in [3.05, 3.63) is 39.8 Å². The molecule has 0 spiro atoms. The summed E-state index contributed by atoms with van der Waals surface area (Å²) < 4.78 is 5.58. The van der Waals surface area contributed by atoms with E-state index in [0.29, 0.717) is 18.7 Å². The molecule has 0 radical (unpaired) electrons. The number of rotatable bonds is 5. The average Bonchev–Trinajstić information content (AvgIpc) is 2.90. The first kappa shape index (κ1) is 18.0. The third-order valence-corrected chi connectivity index (χ3v) is 6.14. The summed E-state index contributed by atoms with van der Waals surface area (Å²) in [5.74, 6) is -0.0564. The third kappa shape index (κ3) is 3.58. The Balaban J connectivity index is 2.06. The Bertz CT molecular complexity index is 808. The van der Waals surface area contributed by atoms with Crippen molar-refractivity contribution in [1.29, 1.82) is 0 Å². The topological polar surface area (TPSA) is 72.5 Å². The summed E-state index contributed by atoms with van der Waals surface area (Å²) in [6.45, 7) is 7.37. The molecule has 1 aromatic carbocycles. The monoisotopic (exact) mass is 359 g/mol. The molecule has 134 valence electrons. The van der Waals surface area contributed by atoms with Crippen molar-refractivity contribution in [3.63, 3.8) is 0 Å². The third-order valence-electron chi connectivity index (χ3n) is 4.82. The Morgan fingerprint density at radius 2 is 2.16 bits per heavy atom. The molecule has 0 bridgehead atoms. The first-order valence-electron chi connectivity index (χ1n) is 8.64. The predicted molar refractivity (Wildman–Crippen MR) is 102 cm³/mol. The normalized spacial score (nSPS) is 15.7. The summed E-state index contributed by atoms with van der Waals surface area (Å²) in [6.07, 6.45) is 2.89. The van der Waals surface area contributed by atoms with Crippen molar-refractivity contribution >= 4 is 17.3 Å². The lowest BCUT2D eigenvalue weighted by Gasteiger charge is -2.29. The van der Waals surface area contributed by atoms with Gasteiger partial charge in [0.25, 0.3) is 0 Å². The van der Waals surface area contributed by atoms with E-state index in [1.54, 1.807) is 11.3 Å². The molecule has 0 unspecified atom stereocenters. The molecule has 25 heavy (non-hydrogen) atoms. The van der Waals surface area contributed by atoms with Crippen molar-refractivity contribution in [3.8, 4) is 16.2 Å². The molecular formula is C20H25NO3S. The highest BCUT2D eigenvalue weighted by Gasteiger charge is 2.33. The standard InChI is InChI=1S/C20H25NO3S/c1-12-10-13(24-9-8-21)4-5-14(12)18-17(19(22)23)15-11-20(2,3)7-6-16(15)25-18/h4-5,10H,6-9,11,21H2,1-3H3,(H,22,23). The summed E-state index contributed by atoms with van der Waals surface area (Å²) in [5, 5.41) is 9.87. The molecule has 1 heterocycles. The van der Waals surface area contributed by atoms with Crippen LogP contribution in [0.2, 0.25) is 0 Å². The molecule has 0 atom stereocenters. The van der Waals surface area contributed by atoms with Gasteiger partial charge in [-0.05, 0) is 66.5 Å². The maximum absolute atomic E-state index is 12.0. The second-order valence-electron chi connectivity index (χ2n) is 7.47. The number of hydrogen-bond donors (Lipinski definition) is 2. The van der Waals surface area contributed by atoms with Crippen molar-refractivity contribution in [2.45, 2.75) is 40.0 Å². The number of carboxylic acid groups (broad SMARTS) is 1. The van der Waals surface area contributed by atoms with Gasteiger partial charge < -0.3 is 15.6 Å². The maximum atomic E-state index is 12.0. The molecule has 0 fully saturated rings. The Labute approximate surface area is 152 Å². The van der Waals surface area contributed by atoms with Gasteiger partial charge in [-0.15, -0.1) is 11.3 Å². The minimum atomic E-state index is -0.826. The molecule has 1 aromatic heterocycles. The molecular weight excluding hydrogens is 334 g/mol. The van der Waals surface area contributed by atoms with Crippen LogP contribution >= 0.6 is 11.3 Å². The smallest absolute Gasteiger partial charge is 0.337 e. The largest absolute Gasteiger partial charge is 0.492 e. The number of hydrogen-bond acceptors (Lipinski definition) is 4. The molecule has 1 aliphatic carbocycles. The van der Waals surface area contributed by atoms with Crippen LogP contribution in [0.25, 0.3) is 10.4 Å². The highest BCUT2D eigenvalue weighted by molar-refractivity contribution is 7.16. The SMILES string of the molecule is Cc1cc(OCCN)ccc1-c1sc2c(c1C(=O)O)CC(C)(C)CC2. The highest BCUT2D eigenvalue weighted by atomic mass is 32.1. The number of benzene rings is 1. The number of fused-ring (bicyclic) bond motifs is 1. The van der Waals surface area contributed by atoms with Gasteiger partial charge in [0.2, 0.25) is 0 Å². The van der Waals surface area contributed by atoms with Gasteiger partial charge in [-0.25, -0.2) is 4.79 Å². The van der Waals surface area contributed by atoms with Crippen LogP contribution in [0.3, 0.4) is 0 Å². The van der Waals surface area contributed by atoms with Gasteiger partial charge in [0.05, 0.1) is 5.56 Å². The number of aryl methyl sites for hydroxylation is 2. The van der Waals surface area contributed by atoms with E-state index in [4.69, 9.17) is 10.5 Å². The summed E-state index contributed by atoms with van der Waals surface area (Å²) >= 11 is 1.64. The second kappa shape index (κ2) is 6.81. The number of ether oxygens (including phenoxy) is 1. The van der Waals surface area contributed by atoms with Gasteiger partial charge in [0.1, 0.15) is 12.4 Å². The highest BCUT2D eigenvalue weighted by Crippen LogP contribution is 2.45. The first-order valence-corrected chi connectivity index (χ1v) is 9.46. The Morgan fingerprint density at radius 1 is 1.40 bits per heavy atom. The van der Waals surface area contributed by atoms with E-state index in [1.165, 1.54) is 4.88 Å². The predicted octanol–water partition coefficient (Wildman–Crippen LogP) is 4.27. The lowest BCUT2D eigenvalue weighted by Crippen LogP contribution is -2.22. The van der Waals surface area contributed by atoms with Crippen LogP contribution in [-0.2, 0) is 12.8 Å². The summed E-state index contributed by atoms with van der Waals surface area (Å²) in [5.41, 5.74) is 9.17. The van der Waals surface area contributed by atoms with E-state index in [9.17, 15) is 9.90 Å². The minimum Gasteiger partial charge on any atom is -0.492 e. The van der Waals surface area contributed by atoms with Crippen LogP contribution in [0.5, 0.6) is 5.75 Å². The fourth-order valence-electron chi connectivity index (χ4n) is 3.49. The van der Waals surface area contributed by atoms with Gasteiger partial charge >= 0.3 is 5.97 Å². The molecule has 4 nitrogen and oxygen atoms in total. The van der Waals surface area contributed by atoms with Crippen LogP contribution in [-0.4, -0.2) is 24.2 Å². The number of carbonyl (C=O) groups is 1. The molecule has 0 saturated heterocycles. The van der Waals surface area contributed by atoms with Gasteiger partial charge in [-0.3, -0.25) is 0 Å². The van der Waals surface area contributed by atoms with E-state index in [-0.39, 0.29) is 5.41 Å². The fourth-order valence-corrected chi connectivity index (χ4v) is 4.89. The Morgan fingerprint density at radius 3 is 2.80 bits per heavy atom. The van der Waals surface area contributed by atoms with Crippen molar-refractivity contribution in [2.24, 2.45) is 11.1 Å². The minimum absolute atomic E-state index is 0.157. The van der Waals surface area contributed by atoms with E-state index < -0.39 is 5.97 Å². The molecule has 3 rings (SSSR count). The van der Waals surface area contributed by atoms with E-state index in [1.807, 2.05) is 25.1 Å². The van der Waals surface area contributed by atoms with Crippen molar-refractivity contribution in [2.75, 3.05) is 13.2 Å². The summed E-state index contributed by atoms with van der Waals surface area (Å²) in [4.78, 5) is 14.1. The molecule has 2 aromatic rings. The van der Waals surface area contributed by atoms with Gasteiger partial charge in [0.15, 0.2) is 0 Å². The van der Waals surface area contributed by atoms with Crippen molar-refractivity contribution < 1.29 is 14.6 Å². The van der Waals surface area contributed by atoms with E-state index in [2.05, 4.69) is 13.8 Å². The number of nitrogens with two attached hydrogens (primary N) is 1. The van der Waals surface area contributed by atoms with Crippen LogP contribution in [0.4, 0.5) is 0 Å². The zero-order chi connectivity index (χ0) is 18.2. The van der Waals surface area contributed by atoms with Crippen LogP contribution in [0.15, 0.2) is 18.2 Å². The molecule has 5 heteroatoms. The van der Waals surface area contributed by atoms with Crippen LogP contribution < -0.4 is 10.5 Å². The molecule has 1 aliphatic rings. The number of aromatic carboxylic acids is 1. The van der Waals surface area contributed by atoms with E-state index in [0.717, 1.165) is 46.6 Å². The zero-order valence-electron chi connectivity index (χ0n) is 15.0. The van der Waals surface area contributed by atoms with Crippen LogP contribution in [0, 0.1) is 12.3 Å². The molecule has 3 N–H and O–H groups in total. The van der Waals surface area contributed by atoms with Gasteiger partial charge in [0, 0.05) is 16.3 Å². The molecule has 0 saturated carbocycles. The lowest BCUT2D eigenvalue weighted by atomic mass is 9.76. The van der Waals surface area contributed by atoms with Gasteiger partial charge in [-0.2, -0.15) is 0 Å². The molecule has 0 amide bonds. The Hall–Kier alpha value is -1.85. The zero-order valence-corrected chi connectivity index (χ0v) is 15.8.